The second-order valence-corrected chi connectivity index (χ2v) is 3.99. The molecule has 0 amide bonds. The molecule has 3 N–H and O–H groups in total. The van der Waals surface area contributed by atoms with E-state index in [2.05, 4.69) is 5.10 Å². The van der Waals surface area contributed by atoms with Gasteiger partial charge in [-0.25, -0.2) is 0 Å². The van der Waals surface area contributed by atoms with Gasteiger partial charge in [-0.15, -0.1) is 0 Å². The highest BCUT2D eigenvalue weighted by Gasteiger charge is 2.42. The molecule has 7 heteroatoms. The first kappa shape index (κ1) is 13.0. The fourth-order valence-electron chi connectivity index (χ4n) is 1.40. The first-order valence-electron chi connectivity index (χ1n) is 4.67. The number of nitrogens with zero attached hydrogens (tertiary/aromatic N) is 2. The van der Waals surface area contributed by atoms with Gasteiger partial charge in [0, 0.05) is 30.8 Å². The molecule has 0 spiro atoms. The number of rotatable bonds is 3. The number of aromatic nitrogens is 2. The molecule has 92 valence electrons. The van der Waals surface area contributed by atoms with Gasteiger partial charge in [-0.2, -0.15) is 18.3 Å². The number of alkyl halides is 3. The van der Waals surface area contributed by atoms with E-state index in [4.69, 9.17) is 10.8 Å². The van der Waals surface area contributed by atoms with Crippen LogP contribution < -0.4 is 5.73 Å². The summed E-state index contributed by atoms with van der Waals surface area (Å²) in [7, 11) is 1.40. The van der Waals surface area contributed by atoms with Crippen LogP contribution in [0.2, 0.25) is 0 Å². The molecule has 0 aliphatic carbocycles. The van der Waals surface area contributed by atoms with Crippen molar-refractivity contribution in [1.29, 1.82) is 0 Å². The molecule has 0 aromatic carbocycles. The number of nitrogens with two attached hydrogens (primary N) is 1. The van der Waals surface area contributed by atoms with Gasteiger partial charge in [0.15, 0.2) is 5.69 Å². The van der Waals surface area contributed by atoms with Gasteiger partial charge < -0.3 is 10.8 Å². The Hall–Kier alpha value is -1.08. The van der Waals surface area contributed by atoms with Gasteiger partial charge >= 0.3 is 6.18 Å². The summed E-state index contributed by atoms with van der Waals surface area (Å²) < 4.78 is 39.1. The van der Waals surface area contributed by atoms with Crippen LogP contribution in [0.15, 0.2) is 6.20 Å². The van der Waals surface area contributed by atoms with Crippen molar-refractivity contribution in [2.24, 2.45) is 12.8 Å². The molecule has 0 saturated heterocycles. The molecule has 1 aromatic heterocycles. The third kappa shape index (κ3) is 2.19. The molecule has 1 heterocycles. The highest BCUT2D eigenvalue weighted by molar-refractivity contribution is 5.29. The predicted octanol–water partition coefficient (Wildman–Crippen LogP) is 0.648. The van der Waals surface area contributed by atoms with E-state index in [0.29, 0.717) is 0 Å². The first-order valence-corrected chi connectivity index (χ1v) is 4.67. The van der Waals surface area contributed by atoms with Crippen molar-refractivity contribution >= 4 is 0 Å². The summed E-state index contributed by atoms with van der Waals surface area (Å²) >= 11 is 0. The number of hydrogen-bond acceptors (Lipinski definition) is 3. The Morgan fingerprint density at radius 1 is 1.50 bits per heavy atom. The van der Waals surface area contributed by atoms with E-state index in [1.54, 1.807) is 0 Å². The Kier molecular flexibility index (Phi) is 3.30. The molecule has 0 radical (unpaired) electrons. The third-order valence-electron chi connectivity index (χ3n) is 2.55. The molecule has 1 aromatic rings. The zero-order valence-electron chi connectivity index (χ0n) is 9.04. The molecule has 0 aliphatic rings. The van der Waals surface area contributed by atoms with Crippen molar-refractivity contribution in [3.63, 3.8) is 0 Å². The van der Waals surface area contributed by atoms with Gasteiger partial charge in [0.2, 0.25) is 0 Å². The number of hydrogen-bond donors (Lipinski definition) is 2. The highest BCUT2D eigenvalue weighted by Crippen LogP contribution is 2.36. The predicted molar refractivity (Wildman–Crippen MR) is 51.7 cm³/mol. The summed E-state index contributed by atoms with van der Waals surface area (Å²) in [4.78, 5) is 0. The van der Waals surface area contributed by atoms with Crippen LogP contribution in [0, 0.1) is 0 Å². The molecule has 0 fully saturated rings. The van der Waals surface area contributed by atoms with E-state index in [-0.39, 0.29) is 12.1 Å². The molecular weight excluding hydrogens is 223 g/mol. The molecule has 4 nitrogen and oxygen atoms in total. The highest BCUT2D eigenvalue weighted by atomic mass is 19.4. The fourth-order valence-corrected chi connectivity index (χ4v) is 1.40. The second kappa shape index (κ2) is 4.06. The van der Waals surface area contributed by atoms with Crippen LogP contribution in [0.25, 0.3) is 0 Å². The molecule has 16 heavy (non-hydrogen) atoms. The maximum Gasteiger partial charge on any atom is 0.435 e. The smallest absolute Gasteiger partial charge is 0.395 e. The van der Waals surface area contributed by atoms with Crippen LogP contribution in [-0.4, -0.2) is 28.0 Å². The largest absolute Gasteiger partial charge is 0.435 e. The zero-order chi connectivity index (χ0) is 12.6. The topological polar surface area (TPSA) is 64.1 Å². The van der Waals surface area contributed by atoms with Crippen LogP contribution in [0.5, 0.6) is 0 Å². The lowest BCUT2D eigenvalue weighted by atomic mass is 9.83. The number of aliphatic hydroxyl groups is 1. The van der Waals surface area contributed by atoms with Crippen molar-refractivity contribution in [3.8, 4) is 0 Å². The third-order valence-corrected chi connectivity index (χ3v) is 2.55. The SMILES string of the molecule is Cn1cc(C(C)(CN)CO)c(C(F)(F)F)n1. The minimum Gasteiger partial charge on any atom is -0.395 e. The fraction of sp³-hybridized carbons (Fsp3) is 0.667. The molecule has 0 aliphatic heterocycles. The zero-order valence-corrected chi connectivity index (χ0v) is 9.04. The number of aryl methyl sites for hydroxylation is 1. The summed E-state index contributed by atoms with van der Waals surface area (Å²) in [5.74, 6) is 0. The Morgan fingerprint density at radius 2 is 2.06 bits per heavy atom. The lowest BCUT2D eigenvalue weighted by molar-refractivity contribution is -0.142. The van der Waals surface area contributed by atoms with Gasteiger partial charge in [-0.1, -0.05) is 6.92 Å². The Morgan fingerprint density at radius 3 is 2.44 bits per heavy atom. The maximum absolute atomic E-state index is 12.7. The van der Waals surface area contributed by atoms with E-state index in [9.17, 15) is 13.2 Å². The standard InChI is InChI=1S/C9H14F3N3O/c1-8(4-13,5-16)6-3-15(2)14-7(6)9(10,11)12/h3,16H,4-5,13H2,1-2H3. The summed E-state index contributed by atoms with van der Waals surface area (Å²) in [6.07, 6.45) is -3.30. The van der Waals surface area contributed by atoms with Gasteiger partial charge in [-0.05, 0) is 0 Å². The van der Waals surface area contributed by atoms with Crippen LogP contribution in [0.1, 0.15) is 18.2 Å². The van der Waals surface area contributed by atoms with Crippen LogP contribution in [0.3, 0.4) is 0 Å². The van der Waals surface area contributed by atoms with Gasteiger partial charge in [-0.3, -0.25) is 4.68 Å². The normalized spacial score (nSPS) is 16.2. The lowest BCUT2D eigenvalue weighted by Crippen LogP contribution is -2.37. The molecule has 1 unspecified atom stereocenters. The first-order chi connectivity index (χ1) is 7.24. The molecule has 1 rings (SSSR count). The Bertz CT molecular complexity index is 369. The molecule has 0 bridgehead atoms. The molecule has 0 saturated carbocycles. The van der Waals surface area contributed by atoms with Gasteiger partial charge in [0.05, 0.1) is 6.61 Å². The summed E-state index contributed by atoms with van der Waals surface area (Å²) in [6, 6.07) is 0. The number of halogens is 3. The minimum absolute atomic E-state index is 0.0764. The van der Waals surface area contributed by atoms with E-state index >= 15 is 0 Å². The van der Waals surface area contributed by atoms with Crippen LogP contribution in [-0.2, 0) is 18.6 Å². The quantitative estimate of drug-likeness (QED) is 0.811. The van der Waals surface area contributed by atoms with Crippen LogP contribution in [0.4, 0.5) is 13.2 Å². The van der Waals surface area contributed by atoms with Crippen molar-refractivity contribution in [3.05, 3.63) is 17.5 Å². The van der Waals surface area contributed by atoms with Gasteiger partial charge in [0.1, 0.15) is 0 Å². The van der Waals surface area contributed by atoms with E-state index in [1.165, 1.54) is 20.2 Å². The maximum atomic E-state index is 12.7. The summed E-state index contributed by atoms with van der Waals surface area (Å²) in [5.41, 5.74) is 3.22. The number of aliphatic hydroxyl groups excluding tert-OH is 1. The molecular formula is C9H14F3N3O. The second-order valence-electron chi connectivity index (χ2n) is 3.99. The molecule has 1 atom stereocenters. The van der Waals surface area contributed by atoms with E-state index < -0.39 is 23.9 Å². The Labute approximate surface area is 90.9 Å². The van der Waals surface area contributed by atoms with Crippen LogP contribution >= 0.6 is 0 Å². The monoisotopic (exact) mass is 237 g/mol. The van der Waals surface area contributed by atoms with Crippen molar-refractivity contribution in [2.75, 3.05) is 13.2 Å². The summed E-state index contributed by atoms with van der Waals surface area (Å²) in [6.45, 7) is 0.926. The minimum atomic E-state index is -4.54. The van der Waals surface area contributed by atoms with Crippen molar-refractivity contribution < 1.29 is 18.3 Å². The average Bonchev–Trinajstić information content (AvgIpc) is 2.59. The lowest BCUT2D eigenvalue weighted by Gasteiger charge is -2.25. The van der Waals surface area contributed by atoms with Gasteiger partial charge in [0.25, 0.3) is 0 Å². The average molecular weight is 237 g/mol. The van der Waals surface area contributed by atoms with Crippen molar-refractivity contribution in [2.45, 2.75) is 18.5 Å². The Balaban J connectivity index is 3.33. The summed E-state index contributed by atoms with van der Waals surface area (Å²) in [5, 5.41) is 12.5. The van der Waals surface area contributed by atoms with Crippen molar-refractivity contribution in [1.82, 2.24) is 9.78 Å². The van der Waals surface area contributed by atoms with E-state index in [0.717, 1.165) is 4.68 Å². The van der Waals surface area contributed by atoms with E-state index in [1.807, 2.05) is 0 Å².